The van der Waals surface area contributed by atoms with Crippen LogP contribution in [0.5, 0.6) is 5.75 Å². The molecule has 0 radical (unpaired) electrons. The summed E-state index contributed by atoms with van der Waals surface area (Å²) in [6.45, 7) is 2.18. The summed E-state index contributed by atoms with van der Waals surface area (Å²) in [7, 11) is 1.61. The molecule has 0 amide bonds. The summed E-state index contributed by atoms with van der Waals surface area (Å²) in [5, 5.41) is 5.46. The second kappa shape index (κ2) is 6.35. The van der Waals surface area contributed by atoms with E-state index in [0.29, 0.717) is 11.7 Å². The number of methoxy groups -OCH3 is 1. The Kier molecular flexibility index (Phi) is 4.52. The van der Waals surface area contributed by atoms with Gasteiger partial charge in [0, 0.05) is 4.88 Å². The molecule has 0 aromatic carbocycles. The van der Waals surface area contributed by atoms with Crippen LogP contribution in [0.2, 0.25) is 0 Å². The first-order valence-electron chi connectivity index (χ1n) is 5.99. The molecule has 2 aromatic heterocycles. The first kappa shape index (κ1) is 12.8. The Morgan fingerprint density at radius 2 is 2.17 bits per heavy atom. The van der Waals surface area contributed by atoms with E-state index >= 15 is 0 Å². The standard InChI is InChI=1S/C13H17N3OS/c1-3-5-11(12-6-4-7-18-12)16-13-14-8-10(17-2)9-15-13/h4,6-9,11H,3,5H2,1-2H3,(H,14,15,16). The highest BCUT2D eigenvalue weighted by Gasteiger charge is 2.12. The van der Waals surface area contributed by atoms with Gasteiger partial charge in [0.1, 0.15) is 0 Å². The molecule has 2 aromatic rings. The van der Waals surface area contributed by atoms with Gasteiger partial charge in [0.25, 0.3) is 0 Å². The fourth-order valence-corrected chi connectivity index (χ4v) is 2.53. The van der Waals surface area contributed by atoms with Crippen LogP contribution >= 0.6 is 11.3 Å². The Bertz CT molecular complexity index is 456. The van der Waals surface area contributed by atoms with Crippen LogP contribution in [0.15, 0.2) is 29.9 Å². The van der Waals surface area contributed by atoms with E-state index in [0.717, 1.165) is 12.8 Å². The van der Waals surface area contributed by atoms with Crippen molar-refractivity contribution in [3.8, 4) is 5.75 Å². The summed E-state index contributed by atoms with van der Waals surface area (Å²) in [6, 6.07) is 4.49. The molecule has 0 bridgehead atoms. The molecule has 1 unspecified atom stereocenters. The van der Waals surface area contributed by atoms with Crippen LogP contribution in [0.25, 0.3) is 0 Å². The molecule has 0 aliphatic carbocycles. The van der Waals surface area contributed by atoms with Crippen molar-refractivity contribution in [1.29, 1.82) is 0 Å². The second-order valence-electron chi connectivity index (χ2n) is 3.95. The van der Waals surface area contributed by atoms with Crippen molar-refractivity contribution in [1.82, 2.24) is 9.97 Å². The molecule has 1 N–H and O–H groups in total. The van der Waals surface area contributed by atoms with Crippen LogP contribution in [-0.2, 0) is 0 Å². The molecule has 0 aliphatic rings. The van der Waals surface area contributed by atoms with Gasteiger partial charge in [-0.15, -0.1) is 11.3 Å². The SMILES string of the molecule is CCCC(Nc1ncc(OC)cn1)c1cccs1. The predicted octanol–water partition coefficient (Wildman–Crippen LogP) is 3.50. The number of aromatic nitrogens is 2. The van der Waals surface area contributed by atoms with Gasteiger partial charge in [-0.3, -0.25) is 0 Å². The minimum Gasteiger partial charge on any atom is -0.494 e. The van der Waals surface area contributed by atoms with Gasteiger partial charge < -0.3 is 10.1 Å². The van der Waals surface area contributed by atoms with E-state index in [1.807, 2.05) is 0 Å². The highest BCUT2D eigenvalue weighted by atomic mass is 32.1. The quantitative estimate of drug-likeness (QED) is 0.866. The first-order chi connectivity index (χ1) is 8.83. The van der Waals surface area contributed by atoms with Gasteiger partial charge >= 0.3 is 0 Å². The molecule has 0 saturated carbocycles. The van der Waals surface area contributed by atoms with Crippen molar-refractivity contribution in [3.05, 3.63) is 34.8 Å². The number of hydrogen-bond acceptors (Lipinski definition) is 5. The second-order valence-corrected chi connectivity index (χ2v) is 4.93. The van der Waals surface area contributed by atoms with Crippen LogP contribution in [0, 0.1) is 0 Å². The van der Waals surface area contributed by atoms with Crippen molar-refractivity contribution in [2.24, 2.45) is 0 Å². The molecule has 2 rings (SSSR count). The summed E-state index contributed by atoms with van der Waals surface area (Å²) in [5.41, 5.74) is 0. The van der Waals surface area contributed by atoms with E-state index in [4.69, 9.17) is 4.74 Å². The lowest BCUT2D eigenvalue weighted by Crippen LogP contribution is -2.11. The molecular formula is C13H17N3OS. The summed E-state index contributed by atoms with van der Waals surface area (Å²) < 4.78 is 5.04. The number of nitrogens with zero attached hydrogens (tertiary/aromatic N) is 2. The van der Waals surface area contributed by atoms with Crippen LogP contribution < -0.4 is 10.1 Å². The lowest BCUT2D eigenvalue weighted by molar-refractivity contribution is 0.411. The molecule has 0 saturated heterocycles. The smallest absolute Gasteiger partial charge is 0.223 e. The zero-order chi connectivity index (χ0) is 12.8. The van der Waals surface area contributed by atoms with Crippen molar-refractivity contribution < 1.29 is 4.74 Å². The fourth-order valence-electron chi connectivity index (χ4n) is 1.72. The van der Waals surface area contributed by atoms with Crippen molar-refractivity contribution in [2.45, 2.75) is 25.8 Å². The zero-order valence-corrected chi connectivity index (χ0v) is 11.4. The summed E-state index contributed by atoms with van der Waals surface area (Å²) in [5.74, 6) is 1.31. The lowest BCUT2D eigenvalue weighted by atomic mass is 10.1. The summed E-state index contributed by atoms with van der Waals surface area (Å²) >= 11 is 1.76. The Labute approximate surface area is 111 Å². The average Bonchev–Trinajstić information content (AvgIpc) is 2.93. The van der Waals surface area contributed by atoms with Gasteiger partial charge in [0.15, 0.2) is 5.75 Å². The van der Waals surface area contributed by atoms with E-state index in [-0.39, 0.29) is 6.04 Å². The topological polar surface area (TPSA) is 47.0 Å². The van der Waals surface area contributed by atoms with E-state index < -0.39 is 0 Å². The highest BCUT2D eigenvalue weighted by molar-refractivity contribution is 7.10. The van der Waals surface area contributed by atoms with E-state index in [2.05, 4.69) is 39.7 Å². The maximum absolute atomic E-state index is 5.04. The monoisotopic (exact) mass is 263 g/mol. The molecule has 4 nitrogen and oxygen atoms in total. The first-order valence-corrected chi connectivity index (χ1v) is 6.87. The van der Waals surface area contributed by atoms with E-state index in [1.54, 1.807) is 30.8 Å². The molecule has 1 atom stereocenters. The van der Waals surface area contributed by atoms with Gasteiger partial charge in [0.2, 0.25) is 5.95 Å². The maximum Gasteiger partial charge on any atom is 0.223 e. The number of thiophene rings is 1. The summed E-state index contributed by atoms with van der Waals surface area (Å²) in [4.78, 5) is 9.79. The number of hydrogen-bond donors (Lipinski definition) is 1. The zero-order valence-electron chi connectivity index (χ0n) is 10.6. The van der Waals surface area contributed by atoms with Crippen LogP contribution in [0.4, 0.5) is 5.95 Å². The molecule has 0 spiro atoms. The van der Waals surface area contributed by atoms with Crippen molar-refractivity contribution in [3.63, 3.8) is 0 Å². The van der Waals surface area contributed by atoms with E-state index in [1.165, 1.54) is 4.88 Å². The third kappa shape index (κ3) is 3.20. The number of ether oxygens (including phenoxy) is 1. The normalized spacial score (nSPS) is 12.1. The Morgan fingerprint density at radius 3 is 2.72 bits per heavy atom. The summed E-state index contributed by atoms with van der Waals surface area (Å²) in [6.07, 6.45) is 5.53. The Morgan fingerprint density at radius 1 is 1.39 bits per heavy atom. The van der Waals surface area contributed by atoms with Crippen LogP contribution in [0.1, 0.15) is 30.7 Å². The Balaban J connectivity index is 2.08. The van der Waals surface area contributed by atoms with E-state index in [9.17, 15) is 0 Å². The average molecular weight is 263 g/mol. The van der Waals surface area contributed by atoms with Crippen LogP contribution in [0.3, 0.4) is 0 Å². The minimum absolute atomic E-state index is 0.281. The minimum atomic E-state index is 0.281. The number of anilines is 1. The van der Waals surface area contributed by atoms with Crippen molar-refractivity contribution in [2.75, 3.05) is 12.4 Å². The van der Waals surface area contributed by atoms with Gasteiger partial charge in [-0.05, 0) is 17.9 Å². The molecule has 0 fully saturated rings. The number of rotatable bonds is 6. The largest absolute Gasteiger partial charge is 0.494 e. The van der Waals surface area contributed by atoms with Gasteiger partial charge in [-0.2, -0.15) is 0 Å². The third-order valence-corrected chi connectivity index (χ3v) is 3.62. The van der Waals surface area contributed by atoms with Crippen LogP contribution in [-0.4, -0.2) is 17.1 Å². The van der Waals surface area contributed by atoms with Crippen molar-refractivity contribution >= 4 is 17.3 Å². The van der Waals surface area contributed by atoms with Gasteiger partial charge in [0.05, 0.1) is 25.5 Å². The molecule has 96 valence electrons. The van der Waals surface area contributed by atoms with Gasteiger partial charge in [-0.25, -0.2) is 9.97 Å². The number of nitrogens with one attached hydrogen (secondary N) is 1. The molecule has 5 heteroatoms. The Hall–Kier alpha value is -1.62. The molecule has 2 heterocycles. The van der Waals surface area contributed by atoms with Gasteiger partial charge in [-0.1, -0.05) is 19.4 Å². The predicted molar refractivity (Wildman–Crippen MR) is 74.2 cm³/mol. The molecule has 0 aliphatic heterocycles. The maximum atomic E-state index is 5.04. The fraction of sp³-hybridized carbons (Fsp3) is 0.385. The third-order valence-electron chi connectivity index (χ3n) is 2.63. The molecule has 18 heavy (non-hydrogen) atoms. The molecular weight excluding hydrogens is 246 g/mol. The highest BCUT2D eigenvalue weighted by Crippen LogP contribution is 2.26. The lowest BCUT2D eigenvalue weighted by Gasteiger charge is -2.16.